The number of hydrogen-bond donors (Lipinski definition) is 1. The van der Waals surface area contributed by atoms with E-state index in [-0.39, 0.29) is 29.5 Å². The van der Waals surface area contributed by atoms with Crippen molar-refractivity contribution < 1.29 is 18.1 Å². The summed E-state index contributed by atoms with van der Waals surface area (Å²) in [5, 5.41) is 10.7. The molecule has 0 saturated heterocycles. The van der Waals surface area contributed by atoms with Crippen LogP contribution in [0.5, 0.6) is 0 Å². The average molecular weight is 452 g/mol. The molecule has 9 heteroatoms. The molecular formula is C23H21N3O5S. The Balaban J connectivity index is 1.44. The standard InChI is InChI=1S/C23H21N3O5S/c27-23(13-14-24-32(30,31)20-11-9-19(10-12-20)26(28)29)25-15-17-5-1-3-7-21(17)22-8-4-2-6-18(22)16-25/h1-12,24H,13-16H2. The van der Waals surface area contributed by atoms with Gasteiger partial charge in [-0.3, -0.25) is 14.9 Å². The van der Waals surface area contributed by atoms with E-state index in [9.17, 15) is 23.3 Å². The molecule has 0 unspecified atom stereocenters. The quantitative estimate of drug-likeness (QED) is 0.456. The molecule has 8 nitrogen and oxygen atoms in total. The second-order valence-electron chi connectivity index (χ2n) is 7.46. The number of nitro benzene ring substituents is 1. The van der Waals surface area contributed by atoms with Gasteiger partial charge >= 0.3 is 0 Å². The third-order valence-electron chi connectivity index (χ3n) is 5.39. The van der Waals surface area contributed by atoms with E-state index in [1.807, 2.05) is 48.5 Å². The number of sulfonamides is 1. The molecule has 0 bridgehead atoms. The van der Waals surface area contributed by atoms with Crippen LogP contribution in [0.2, 0.25) is 0 Å². The maximum Gasteiger partial charge on any atom is 0.269 e. The fraction of sp³-hybridized carbons (Fsp3) is 0.174. The van der Waals surface area contributed by atoms with E-state index in [1.165, 1.54) is 12.1 Å². The molecule has 32 heavy (non-hydrogen) atoms. The molecule has 0 saturated carbocycles. The predicted molar refractivity (Wildman–Crippen MR) is 119 cm³/mol. The van der Waals surface area contributed by atoms with Crippen molar-refractivity contribution >= 4 is 21.6 Å². The van der Waals surface area contributed by atoms with Gasteiger partial charge in [0.25, 0.3) is 5.69 Å². The minimum Gasteiger partial charge on any atom is -0.334 e. The summed E-state index contributed by atoms with van der Waals surface area (Å²) in [4.78, 5) is 24.7. The summed E-state index contributed by atoms with van der Waals surface area (Å²) < 4.78 is 27.3. The van der Waals surface area contributed by atoms with Crippen molar-refractivity contribution in [1.29, 1.82) is 0 Å². The first-order chi connectivity index (χ1) is 15.3. The van der Waals surface area contributed by atoms with Gasteiger partial charge in [0.1, 0.15) is 0 Å². The number of rotatable bonds is 6. The summed E-state index contributed by atoms with van der Waals surface area (Å²) >= 11 is 0. The SMILES string of the molecule is O=C(CCNS(=O)(=O)c1ccc([N+](=O)[O-])cc1)N1Cc2ccccc2-c2ccccc2C1. The van der Waals surface area contributed by atoms with Gasteiger partial charge in [0.2, 0.25) is 15.9 Å². The van der Waals surface area contributed by atoms with Gasteiger partial charge in [-0.1, -0.05) is 48.5 Å². The van der Waals surface area contributed by atoms with E-state index in [4.69, 9.17) is 0 Å². The Morgan fingerprint density at radius 3 is 1.97 bits per heavy atom. The highest BCUT2D eigenvalue weighted by Crippen LogP contribution is 2.32. The Kier molecular flexibility index (Phi) is 6.02. The van der Waals surface area contributed by atoms with Crippen LogP contribution < -0.4 is 4.72 Å². The molecule has 0 fully saturated rings. The Morgan fingerprint density at radius 1 is 0.906 bits per heavy atom. The lowest BCUT2D eigenvalue weighted by Gasteiger charge is -2.21. The molecule has 0 spiro atoms. The van der Waals surface area contributed by atoms with Crippen molar-refractivity contribution in [2.24, 2.45) is 0 Å². The lowest BCUT2D eigenvalue weighted by Crippen LogP contribution is -2.33. The van der Waals surface area contributed by atoms with E-state index in [1.54, 1.807) is 4.90 Å². The Hall–Kier alpha value is -3.56. The summed E-state index contributed by atoms with van der Waals surface area (Å²) in [6.45, 7) is 0.815. The van der Waals surface area contributed by atoms with Crippen molar-refractivity contribution in [2.45, 2.75) is 24.4 Å². The summed E-state index contributed by atoms with van der Waals surface area (Å²) in [5.74, 6) is -0.164. The zero-order valence-electron chi connectivity index (χ0n) is 17.1. The number of hydrogen-bond acceptors (Lipinski definition) is 5. The van der Waals surface area contributed by atoms with Gasteiger partial charge in [0, 0.05) is 38.2 Å². The molecule has 1 heterocycles. The number of fused-ring (bicyclic) bond motifs is 3. The molecule has 3 aromatic rings. The van der Waals surface area contributed by atoms with Crippen LogP contribution in [0.4, 0.5) is 5.69 Å². The molecule has 0 aliphatic carbocycles. The van der Waals surface area contributed by atoms with Crippen LogP contribution in [0.1, 0.15) is 17.5 Å². The number of carbonyl (C=O) groups is 1. The number of carbonyl (C=O) groups excluding carboxylic acids is 1. The number of nitrogens with one attached hydrogen (secondary N) is 1. The molecule has 1 amide bonds. The predicted octanol–water partition coefficient (Wildman–Crippen LogP) is 3.47. The molecule has 0 atom stereocenters. The number of nitro groups is 1. The molecule has 0 aromatic heterocycles. The van der Waals surface area contributed by atoms with Gasteiger partial charge in [-0.05, 0) is 34.4 Å². The highest BCUT2D eigenvalue weighted by Gasteiger charge is 2.23. The van der Waals surface area contributed by atoms with Gasteiger partial charge in [-0.2, -0.15) is 0 Å². The third kappa shape index (κ3) is 4.53. The van der Waals surface area contributed by atoms with Gasteiger partial charge in [-0.25, -0.2) is 13.1 Å². The third-order valence-corrected chi connectivity index (χ3v) is 6.87. The topological polar surface area (TPSA) is 110 Å². The van der Waals surface area contributed by atoms with Crippen molar-refractivity contribution in [3.8, 4) is 11.1 Å². The van der Waals surface area contributed by atoms with Crippen LogP contribution >= 0.6 is 0 Å². The summed E-state index contributed by atoms with van der Waals surface area (Å²) in [6.07, 6.45) is -0.00343. The van der Waals surface area contributed by atoms with Crippen molar-refractivity contribution in [2.75, 3.05) is 6.54 Å². The van der Waals surface area contributed by atoms with E-state index >= 15 is 0 Å². The number of non-ortho nitro benzene ring substituents is 1. The van der Waals surface area contributed by atoms with Crippen LogP contribution in [0, 0.1) is 10.1 Å². The highest BCUT2D eigenvalue weighted by atomic mass is 32.2. The first-order valence-corrected chi connectivity index (χ1v) is 11.5. The average Bonchev–Trinajstić information content (AvgIpc) is 2.96. The van der Waals surface area contributed by atoms with Gasteiger partial charge in [0.05, 0.1) is 9.82 Å². The minimum atomic E-state index is -3.88. The molecule has 3 aromatic carbocycles. The molecule has 0 radical (unpaired) electrons. The number of amides is 1. The van der Waals surface area contributed by atoms with Crippen LogP contribution in [-0.2, 0) is 27.9 Å². The van der Waals surface area contributed by atoms with Crippen LogP contribution in [0.25, 0.3) is 11.1 Å². The largest absolute Gasteiger partial charge is 0.334 e. The Labute approximate surface area is 185 Å². The van der Waals surface area contributed by atoms with Gasteiger partial charge in [-0.15, -0.1) is 0 Å². The van der Waals surface area contributed by atoms with Crippen molar-refractivity contribution in [3.63, 3.8) is 0 Å². The van der Waals surface area contributed by atoms with Gasteiger partial charge in [0.15, 0.2) is 0 Å². The Morgan fingerprint density at radius 2 is 1.44 bits per heavy atom. The van der Waals surface area contributed by atoms with E-state index in [2.05, 4.69) is 4.72 Å². The van der Waals surface area contributed by atoms with E-state index < -0.39 is 14.9 Å². The van der Waals surface area contributed by atoms with Crippen molar-refractivity contribution in [1.82, 2.24) is 9.62 Å². The first kappa shape index (κ1) is 21.7. The smallest absolute Gasteiger partial charge is 0.269 e. The fourth-order valence-corrected chi connectivity index (χ4v) is 4.80. The highest BCUT2D eigenvalue weighted by molar-refractivity contribution is 7.89. The lowest BCUT2D eigenvalue weighted by molar-refractivity contribution is -0.384. The van der Waals surface area contributed by atoms with Crippen molar-refractivity contribution in [3.05, 3.63) is 94.0 Å². The molecule has 1 aliphatic rings. The molecule has 1 aliphatic heterocycles. The zero-order chi connectivity index (χ0) is 22.7. The monoisotopic (exact) mass is 451 g/mol. The van der Waals surface area contributed by atoms with Crippen LogP contribution in [0.15, 0.2) is 77.7 Å². The van der Waals surface area contributed by atoms with E-state index in [0.29, 0.717) is 13.1 Å². The normalized spacial score (nSPS) is 13.1. The summed E-state index contributed by atoms with van der Waals surface area (Å²) in [7, 11) is -3.88. The first-order valence-electron chi connectivity index (χ1n) is 10.0. The molecule has 1 N–H and O–H groups in total. The number of benzene rings is 3. The summed E-state index contributed by atoms with van der Waals surface area (Å²) in [6, 6.07) is 20.5. The second-order valence-corrected chi connectivity index (χ2v) is 9.23. The maximum atomic E-state index is 12.9. The van der Waals surface area contributed by atoms with Gasteiger partial charge < -0.3 is 4.90 Å². The Bertz CT molecular complexity index is 1230. The van der Waals surface area contributed by atoms with E-state index in [0.717, 1.165) is 34.4 Å². The van der Waals surface area contributed by atoms with Crippen LogP contribution in [0.3, 0.4) is 0 Å². The lowest BCUT2D eigenvalue weighted by atomic mass is 9.97. The second kappa shape index (κ2) is 8.89. The van der Waals surface area contributed by atoms with Crippen LogP contribution in [-0.4, -0.2) is 30.7 Å². The molecule has 164 valence electrons. The fourth-order valence-electron chi connectivity index (χ4n) is 3.77. The summed E-state index contributed by atoms with van der Waals surface area (Å²) in [5.41, 5.74) is 4.07. The maximum absolute atomic E-state index is 12.9. The molecular weight excluding hydrogens is 430 g/mol. The number of nitrogens with zero attached hydrogens (tertiary/aromatic N) is 2. The molecule has 4 rings (SSSR count). The zero-order valence-corrected chi connectivity index (χ0v) is 17.9. The minimum absolute atomic E-state index is 0.00343.